The second kappa shape index (κ2) is 6.44. The van der Waals surface area contributed by atoms with E-state index in [0.717, 1.165) is 18.9 Å². The maximum Gasteiger partial charge on any atom is 0.0208 e. The molecule has 0 amide bonds. The van der Waals surface area contributed by atoms with Crippen molar-refractivity contribution in [3.8, 4) is 0 Å². The Bertz CT molecular complexity index is 598. The Morgan fingerprint density at radius 3 is 2.67 bits per heavy atom. The van der Waals surface area contributed by atoms with Crippen LogP contribution in [0.1, 0.15) is 47.9 Å². The Morgan fingerprint density at radius 2 is 1.90 bits per heavy atom. The van der Waals surface area contributed by atoms with Crippen LogP contribution in [0.4, 0.5) is 0 Å². The predicted molar refractivity (Wildman–Crippen MR) is 89.6 cm³/mol. The van der Waals surface area contributed by atoms with E-state index in [9.17, 15) is 0 Å². The highest BCUT2D eigenvalue weighted by Crippen LogP contribution is 2.40. The Kier molecular flexibility index (Phi) is 4.40. The summed E-state index contributed by atoms with van der Waals surface area (Å²) in [6.07, 6.45) is 3.84. The smallest absolute Gasteiger partial charge is 0.0208 e. The minimum Gasteiger partial charge on any atom is -0.310 e. The van der Waals surface area contributed by atoms with Crippen LogP contribution in [0.5, 0.6) is 0 Å². The van der Waals surface area contributed by atoms with Crippen molar-refractivity contribution in [2.75, 3.05) is 0 Å². The molecule has 0 heterocycles. The molecule has 1 N–H and O–H groups in total. The SMILES string of the molecule is Cc1ccccc1CC(C)NCc1cccc(C2CC2)c1. The first-order valence-electron chi connectivity index (χ1n) is 8.09. The lowest BCUT2D eigenvalue weighted by atomic mass is 10.0. The third-order valence-corrected chi connectivity index (χ3v) is 4.44. The van der Waals surface area contributed by atoms with E-state index >= 15 is 0 Å². The molecule has 21 heavy (non-hydrogen) atoms. The molecule has 110 valence electrons. The average Bonchev–Trinajstić information content (AvgIpc) is 3.33. The van der Waals surface area contributed by atoms with Gasteiger partial charge in [0.2, 0.25) is 0 Å². The summed E-state index contributed by atoms with van der Waals surface area (Å²) in [5, 5.41) is 3.66. The normalized spacial score (nSPS) is 15.9. The third kappa shape index (κ3) is 3.95. The van der Waals surface area contributed by atoms with Gasteiger partial charge < -0.3 is 5.32 Å². The van der Waals surface area contributed by atoms with Crippen LogP contribution in [0.25, 0.3) is 0 Å². The van der Waals surface area contributed by atoms with Crippen LogP contribution in [0.2, 0.25) is 0 Å². The maximum absolute atomic E-state index is 3.66. The van der Waals surface area contributed by atoms with Crippen LogP contribution < -0.4 is 5.32 Å². The van der Waals surface area contributed by atoms with Gasteiger partial charge in [-0.3, -0.25) is 0 Å². The number of nitrogens with one attached hydrogen (secondary N) is 1. The van der Waals surface area contributed by atoms with Gasteiger partial charge in [0, 0.05) is 12.6 Å². The largest absolute Gasteiger partial charge is 0.310 e. The van der Waals surface area contributed by atoms with Crippen LogP contribution in [0.15, 0.2) is 48.5 Å². The van der Waals surface area contributed by atoms with E-state index in [0.29, 0.717) is 6.04 Å². The summed E-state index contributed by atoms with van der Waals surface area (Å²) in [6.45, 7) is 5.44. The summed E-state index contributed by atoms with van der Waals surface area (Å²) in [5.74, 6) is 0.842. The highest BCUT2D eigenvalue weighted by molar-refractivity contribution is 5.29. The fourth-order valence-corrected chi connectivity index (χ4v) is 2.91. The minimum absolute atomic E-state index is 0.496. The maximum atomic E-state index is 3.66. The Balaban J connectivity index is 1.54. The molecule has 2 aromatic rings. The minimum atomic E-state index is 0.496. The molecule has 0 radical (unpaired) electrons. The van der Waals surface area contributed by atoms with Crippen molar-refractivity contribution in [1.29, 1.82) is 0 Å². The third-order valence-electron chi connectivity index (χ3n) is 4.44. The standard InChI is InChI=1S/C20H25N/c1-15-6-3-4-8-19(15)12-16(2)21-14-17-7-5-9-20(13-17)18-10-11-18/h3-9,13,16,18,21H,10-12,14H2,1-2H3. The summed E-state index contributed by atoms with van der Waals surface area (Å²) in [4.78, 5) is 0. The summed E-state index contributed by atoms with van der Waals surface area (Å²) in [5.41, 5.74) is 5.78. The zero-order valence-corrected chi connectivity index (χ0v) is 13.1. The van der Waals surface area contributed by atoms with Crippen molar-refractivity contribution >= 4 is 0 Å². The van der Waals surface area contributed by atoms with Gasteiger partial charge in [0.05, 0.1) is 0 Å². The van der Waals surface area contributed by atoms with Crippen molar-refractivity contribution in [3.05, 3.63) is 70.8 Å². The molecule has 3 rings (SSSR count). The fourth-order valence-electron chi connectivity index (χ4n) is 2.91. The first-order valence-corrected chi connectivity index (χ1v) is 8.09. The molecule has 0 spiro atoms. The molecule has 1 nitrogen and oxygen atoms in total. The molecule has 1 saturated carbocycles. The van der Waals surface area contributed by atoms with E-state index in [2.05, 4.69) is 67.7 Å². The summed E-state index contributed by atoms with van der Waals surface area (Å²) in [6, 6.07) is 18.3. The van der Waals surface area contributed by atoms with E-state index in [-0.39, 0.29) is 0 Å². The summed E-state index contributed by atoms with van der Waals surface area (Å²) < 4.78 is 0. The van der Waals surface area contributed by atoms with E-state index < -0.39 is 0 Å². The van der Waals surface area contributed by atoms with Crippen molar-refractivity contribution in [3.63, 3.8) is 0 Å². The number of hydrogen-bond acceptors (Lipinski definition) is 1. The number of aryl methyl sites for hydroxylation is 1. The fraction of sp³-hybridized carbons (Fsp3) is 0.400. The lowest BCUT2D eigenvalue weighted by Gasteiger charge is -2.16. The second-order valence-corrected chi connectivity index (χ2v) is 6.43. The van der Waals surface area contributed by atoms with Gasteiger partial charge in [-0.05, 0) is 61.3 Å². The van der Waals surface area contributed by atoms with Gasteiger partial charge in [-0.15, -0.1) is 0 Å². The average molecular weight is 279 g/mol. The molecule has 0 bridgehead atoms. The topological polar surface area (TPSA) is 12.0 Å². The quantitative estimate of drug-likeness (QED) is 0.815. The molecule has 1 fully saturated rings. The molecular formula is C20H25N. The number of rotatable bonds is 6. The van der Waals surface area contributed by atoms with Crippen molar-refractivity contribution in [2.24, 2.45) is 0 Å². The Hall–Kier alpha value is -1.60. The first-order chi connectivity index (χ1) is 10.2. The molecule has 0 aromatic heterocycles. The molecule has 0 saturated heterocycles. The van der Waals surface area contributed by atoms with Crippen LogP contribution in [-0.2, 0) is 13.0 Å². The number of benzene rings is 2. The van der Waals surface area contributed by atoms with Gasteiger partial charge in [0.15, 0.2) is 0 Å². The molecule has 2 aromatic carbocycles. The highest BCUT2D eigenvalue weighted by atomic mass is 14.9. The van der Waals surface area contributed by atoms with Crippen molar-refractivity contribution in [1.82, 2.24) is 5.32 Å². The zero-order chi connectivity index (χ0) is 14.7. The van der Waals surface area contributed by atoms with E-state index in [1.165, 1.54) is 35.1 Å². The molecule has 1 atom stereocenters. The van der Waals surface area contributed by atoms with Crippen molar-refractivity contribution in [2.45, 2.75) is 51.6 Å². The van der Waals surface area contributed by atoms with Crippen LogP contribution >= 0.6 is 0 Å². The molecule has 1 aliphatic rings. The van der Waals surface area contributed by atoms with Gasteiger partial charge >= 0.3 is 0 Å². The molecule has 1 heteroatoms. The lowest BCUT2D eigenvalue weighted by molar-refractivity contribution is 0.544. The summed E-state index contributed by atoms with van der Waals surface area (Å²) >= 11 is 0. The van der Waals surface area contributed by atoms with E-state index in [1.807, 2.05) is 0 Å². The first kappa shape index (κ1) is 14.3. The molecular weight excluding hydrogens is 254 g/mol. The monoisotopic (exact) mass is 279 g/mol. The zero-order valence-electron chi connectivity index (χ0n) is 13.1. The Labute approximate surface area is 128 Å². The summed E-state index contributed by atoms with van der Waals surface area (Å²) in [7, 11) is 0. The predicted octanol–water partition coefficient (Wildman–Crippen LogP) is 4.59. The second-order valence-electron chi connectivity index (χ2n) is 6.43. The molecule has 1 aliphatic carbocycles. The Morgan fingerprint density at radius 1 is 1.10 bits per heavy atom. The van der Waals surface area contributed by atoms with Gasteiger partial charge in [-0.25, -0.2) is 0 Å². The van der Waals surface area contributed by atoms with Crippen LogP contribution in [-0.4, -0.2) is 6.04 Å². The van der Waals surface area contributed by atoms with Gasteiger partial charge in [0.25, 0.3) is 0 Å². The van der Waals surface area contributed by atoms with Gasteiger partial charge in [-0.1, -0.05) is 48.5 Å². The lowest BCUT2D eigenvalue weighted by Crippen LogP contribution is -2.27. The van der Waals surface area contributed by atoms with Gasteiger partial charge in [0.1, 0.15) is 0 Å². The van der Waals surface area contributed by atoms with Crippen LogP contribution in [0.3, 0.4) is 0 Å². The molecule has 1 unspecified atom stereocenters. The van der Waals surface area contributed by atoms with Gasteiger partial charge in [-0.2, -0.15) is 0 Å². The van der Waals surface area contributed by atoms with E-state index in [4.69, 9.17) is 0 Å². The van der Waals surface area contributed by atoms with Crippen molar-refractivity contribution < 1.29 is 0 Å². The highest BCUT2D eigenvalue weighted by Gasteiger charge is 2.23. The number of hydrogen-bond donors (Lipinski definition) is 1. The van der Waals surface area contributed by atoms with E-state index in [1.54, 1.807) is 0 Å². The van der Waals surface area contributed by atoms with Crippen LogP contribution in [0, 0.1) is 6.92 Å². The molecule has 0 aliphatic heterocycles.